The zero-order chi connectivity index (χ0) is 14.1. The van der Waals surface area contributed by atoms with Crippen molar-refractivity contribution in [2.45, 2.75) is 73.3 Å². The number of hydrogen-bond acceptors (Lipinski definition) is 3. The zero-order valence-electron chi connectivity index (χ0n) is 12.6. The normalized spacial score (nSPS) is 27.5. The Hall–Kier alpha value is -0.510. The van der Waals surface area contributed by atoms with Crippen LogP contribution in [0, 0.1) is 0 Å². The monoisotopic (exact) mass is 303 g/mol. The summed E-state index contributed by atoms with van der Waals surface area (Å²) in [5.74, 6) is 0. The number of rotatable bonds is 5. The van der Waals surface area contributed by atoms with Crippen molar-refractivity contribution in [1.82, 2.24) is 5.32 Å². The molecule has 0 amide bonds. The predicted octanol–water partition coefficient (Wildman–Crippen LogP) is 4.13. The summed E-state index contributed by atoms with van der Waals surface area (Å²) in [7, 11) is 0. The van der Waals surface area contributed by atoms with Crippen molar-refractivity contribution in [2.75, 3.05) is 6.61 Å². The molecular formula is C18H25NOS. The first-order valence-corrected chi connectivity index (χ1v) is 9.32. The van der Waals surface area contributed by atoms with Gasteiger partial charge in [-0.15, -0.1) is 11.8 Å². The van der Waals surface area contributed by atoms with Gasteiger partial charge in [0.2, 0.25) is 0 Å². The van der Waals surface area contributed by atoms with E-state index in [1.807, 2.05) is 0 Å². The van der Waals surface area contributed by atoms with Crippen LogP contribution in [0.1, 0.15) is 50.5 Å². The van der Waals surface area contributed by atoms with Crippen LogP contribution in [-0.2, 0) is 11.3 Å². The maximum absolute atomic E-state index is 6.03. The molecule has 0 radical (unpaired) electrons. The first kappa shape index (κ1) is 14.1. The number of nitrogens with one attached hydrogen (secondary N) is 1. The van der Waals surface area contributed by atoms with E-state index in [1.165, 1.54) is 55.4 Å². The van der Waals surface area contributed by atoms with Crippen molar-refractivity contribution in [1.29, 1.82) is 0 Å². The molecule has 21 heavy (non-hydrogen) atoms. The summed E-state index contributed by atoms with van der Waals surface area (Å²) in [5, 5.41) is 4.32. The molecule has 0 aromatic heterocycles. The van der Waals surface area contributed by atoms with Crippen LogP contribution < -0.4 is 5.32 Å². The van der Waals surface area contributed by atoms with E-state index in [4.69, 9.17) is 4.74 Å². The lowest BCUT2D eigenvalue weighted by atomic mass is 9.75. The average Bonchev–Trinajstić information content (AvgIpc) is 3.30. The van der Waals surface area contributed by atoms with Crippen molar-refractivity contribution >= 4 is 11.8 Å². The van der Waals surface area contributed by atoms with Gasteiger partial charge in [0.1, 0.15) is 0 Å². The second kappa shape index (κ2) is 5.94. The molecule has 1 heterocycles. The van der Waals surface area contributed by atoms with Gasteiger partial charge in [0.05, 0.1) is 5.60 Å². The molecule has 0 bridgehead atoms. The highest BCUT2D eigenvalue weighted by atomic mass is 32.2. The fourth-order valence-corrected chi connectivity index (χ4v) is 4.71. The molecule has 2 nitrogen and oxygen atoms in total. The lowest BCUT2D eigenvalue weighted by molar-refractivity contribution is -0.125. The Balaban J connectivity index is 1.31. The van der Waals surface area contributed by atoms with E-state index in [2.05, 4.69) is 41.3 Å². The molecule has 1 aromatic rings. The molecule has 1 aliphatic heterocycles. The highest BCUT2D eigenvalue weighted by Crippen LogP contribution is 2.46. The van der Waals surface area contributed by atoms with Crippen LogP contribution in [0.25, 0.3) is 0 Å². The first-order chi connectivity index (χ1) is 10.3. The third-order valence-electron chi connectivity index (χ3n) is 5.11. The van der Waals surface area contributed by atoms with Gasteiger partial charge in [-0.25, -0.2) is 0 Å². The largest absolute Gasteiger partial charge is 0.375 e. The topological polar surface area (TPSA) is 21.3 Å². The van der Waals surface area contributed by atoms with E-state index in [1.54, 1.807) is 0 Å². The van der Waals surface area contributed by atoms with Crippen LogP contribution in [-0.4, -0.2) is 23.5 Å². The van der Waals surface area contributed by atoms with Crippen LogP contribution >= 0.6 is 11.8 Å². The summed E-state index contributed by atoms with van der Waals surface area (Å²) in [4.78, 5) is 1.42. The van der Waals surface area contributed by atoms with Gasteiger partial charge < -0.3 is 10.1 Å². The molecule has 2 aliphatic carbocycles. The highest BCUT2D eigenvalue weighted by molar-refractivity contribution is 8.00. The minimum atomic E-state index is 0.268. The summed E-state index contributed by atoms with van der Waals surface area (Å²) in [6.07, 6.45) is 9.12. The molecule has 3 aliphatic rings. The maximum atomic E-state index is 6.03. The molecule has 1 saturated heterocycles. The third kappa shape index (κ3) is 3.46. The Bertz CT molecular complexity index is 478. The smallest absolute Gasteiger partial charge is 0.0693 e. The quantitative estimate of drug-likeness (QED) is 0.883. The van der Waals surface area contributed by atoms with Gasteiger partial charge in [-0.3, -0.25) is 0 Å². The SMILES string of the molecule is c1cc(SC2CCOC3(CCC3)C2)ccc1CNC1CC1. The van der Waals surface area contributed by atoms with Crippen LogP contribution in [0.2, 0.25) is 0 Å². The second-order valence-electron chi connectivity index (χ2n) is 6.92. The molecule has 1 aromatic carbocycles. The van der Waals surface area contributed by atoms with Crippen molar-refractivity contribution in [3.05, 3.63) is 29.8 Å². The lowest BCUT2D eigenvalue weighted by Gasteiger charge is -2.47. The summed E-state index contributed by atoms with van der Waals surface area (Å²) >= 11 is 2.06. The van der Waals surface area contributed by atoms with Crippen molar-refractivity contribution in [2.24, 2.45) is 0 Å². The van der Waals surface area contributed by atoms with Gasteiger partial charge in [0.15, 0.2) is 0 Å². The molecular weight excluding hydrogens is 278 g/mol. The van der Waals surface area contributed by atoms with Gasteiger partial charge >= 0.3 is 0 Å². The highest BCUT2D eigenvalue weighted by Gasteiger charge is 2.42. The first-order valence-electron chi connectivity index (χ1n) is 8.44. The van der Waals surface area contributed by atoms with Crippen LogP contribution in [0.5, 0.6) is 0 Å². The molecule has 1 spiro atoms. The van der Waals surface area contributed by atoms with Crippen molar-refractivity contribution < 1.29 is 4.74 Å². The molecule has 3 fully saturated rings. The standard InChI is InChI=1S/C18H25NOS/c1-9-18(10-1)12-17(8-11-20-18)21-16-6-2-14(3-7-16)13-19-15-4-5-15/h2-3,6-7,15,17,19H,1,4-5,8-13H2. The Kier molecular flexibility index (Phi) is 3.99. The Labute approximate surface area is 132 Å². The molecule has 1 N–H and O–H groups in total. The molecule has 2 saturated carbocycles. The molecule has 1 atom stereocenters. The minimum Gasteiger partial charge on any atom is -0.375 e. The van der Waals surface area contributed by atoms with E-state index >= 15 is 0 Å². The van der Waals surface area contributed by atoms with Crippen molar-refractivity contribution in [3.8, 4) is 0 Å². The third-order valence-corrected chi connectivity index (χ3v) is 6.39. The predicted molar refractivity (Wildman–Crippen MR) is 87.7 cm³/mol. The van der Waals surface area contributed by atoms with E-state index in [0.717, 1.165) is 24.4 Å². The summed E-state index contributed by atoms with van der Waals surface area (Å²) in [5.41, 5.74) is 1.68. The fourth-order valence-electron chi connectivity index (χ4n) is 3.43. The summed E-state index contributed by atoms with van der Waals surface area (Å²) in [6, 6.07) is 9.97. The minimum absolute atomic E-state index is 0.268. The lowest BCUT2D eigenvalue weighted by Crippen LogP contribution is -2.46. The summed E-state index contributed by atoms with van der Waals surface area (Å²) in [6.45, 7) is 1.98. The van der Waals surface area contributed by atoms with Crippen LogP contribution in [0.4, 0.5) is 0 Å². The Morgan fingerprint density at radius 3 is 2.62 bits per heavy atom. The average molecular weight is 303 g/mol. The van der Waals surface area contributed by atoms with Gasteiger partial charge in [-0.05, 0) is 62.6 Å². The zero-order valence-corrected chi connectivity index (χ0v) is 13.5. The Morgan fingerprint density at radius 2 is 1.95 bits per heavy atom. The Morgan fingerprint density at radius 1 is 1.14 bits per heavy atom. The van der Waals surface area contributed by atoms with Crippen LogP contribution in [0.15, 0.2) is 29.2 Å². The van der Waals surface area contributed by atoms with E-state index in [-0.39, 0.29) is 5.60 Å². The van der Waals surface area contributed by atoms with E-state index < -0.39 is 0 Å². The molecule has 4 rings (SSSR count). The number of thioether (sulfide) groups is 1. The molecule has 1 unspecified atom stereocenters. The van der Waals surface area contributed by atoms with Crippen molar-refractivity contribution in [3.63, 3.8) is 0 Å². The van der Waals surface area contributed by atoms with E-state index in [9.17, 15) is 0 Å². The number of ether oxygens (including phenoxy) is 1. The molecule has 3 heteroatoms. The van der Waals surface area contributed by atoms with Gasteiger partial charge in [-0.1, -0.05) is 12.1 Å². The van der Waals surface area contributed by atoms with Gasteiger partial charge in [0.25, 0.3) is 0 Å². The molecule has 114 valence electrons. The fraction of sp³-hybridized carbons (Fsp3) is 0.667. The summed E-state index contributed by atoms with van der Waals surface area (Å²) < 4.78 is 6.03. The van der Waals surface area contributed by atoms with E-state index in [0.29, 0.717) is 0 Å². The number of hydrogen-bond donors (Lipinski definition) is 1. The maximum Gasteiger partial charge on any atom is 0.0693 e. The van der Waals surface area contributed by atoms with Gasteiger partial charge in [-0.2, -0.15) is 0 Å². The van der Waals surface area contributed by atoms with Gasteiger partial charge in [0, 0.05) is 29.3 Å². The number of benzene rings is 1. The second-order valence-corrected chi connectivity index (χ2v) is 8.29. The van der Waals surface area contributed by atoms with Crippen LogP contribution in [0.3, 0.4) is 0 Å².